The van der Waals surface area contributed by atoms with E-state index in [1.54, 1.807) is 32.4 Å². The van der Waals surface area contributed by atoms with Crippen LogP contribution in [0, 0.1) is 0 Å². The molecule has 8 nitrogen and oxygen atoms in total. The lowest BCUT2D eigenvalue weighted by Gasteiger charge is -2.07. The standard InChI is InChI=1S/C10H12O3.C8H6O5/c1-7(11)8-4-5-9(12-2)10(6-8)13-3;9-5-3-1-2-4(7(10)11)6(5)8(12)13/h4-6H,1-3H3;1-3,9H,(H,10,11)(H,12,13). The Hall–Kier alpha value is -3.55. The van der Waals surface area contributed by atoms with E-state index < -0.39 is 28.8 Å². The maximum atomic E-state index is 11.0. The van der Waals surface area contributed by atoms with Crippen molar-refractivity contribution >= 4 is 17.7 Å². The maximum absolute atomic E-state index is 11.0. The summed E-state index contributed by atoms with van der Waals surface area (Å²) in [5.74, 6) is -2.17. The lowest BCUT2D eigenvalue weighted by atomic mass is 10.1. The van der Waals surface area contributed by atoms with Crippen molar-refractivity contribution in [1.82, 2.24) is 0 Å². The SMILES string of the molecule is COc1ccc(C(C)=O)cc1OC.O=C(O)c1cccc(O)c1C(=O)O. The molecule has 0 aliphatic rings. The second-order valence-electron chi connectivity index (χ2n) is 4.94. The van der Waals surface area contributed by atoms with Gasteiger partial charge in [0.2, 0.25) is 0 Å². The zero-order chi connectivity index (χ0) is 19.9. The van der Waals surface area contributed by atoms with Gasteiger partial charge < -0.3 is 24.8 Å². The van der Waals surface area contributed by atoms with Crippen LogP contribution in [0.15, 0.2) is 36.4 Å². The molecule has 0 fully saturated rings. The van der Waals surface area contributed by atoms with E-state index in [1.165, 1.54) is 13.0 Å². The van der Waals surface area contributed by atoms with Crippen LogP contribution in [0.2, 0.25) is 0 Å². The quantitative estimate of drug-likeness (QED) is 0.692. The number of ketones is 1. The first-order chi connectivity index (χ1) is 12.2. The fourth-order valence-electron chi connectivity index (χ4n) is 2.00. The molecular weight excluding hydrogens is 344 g/mol. The Balaban J connectivity index is 0.000000260. The molecule has 0 unspecified atom stereocenters. The molecule has 0 aliphatic heterocycles. The number of carbonyl (C=O) groups excluding carboxylic acids is 1. The minimum atomic E-state index is -1.46. The van der Waals surface area contributed by atoms with Gasteiger partial charge in [0.15, 0.2) is 17.3 Å². The van der Waals surface area contributed by atoms with Crippen molar-refractivity contribution in [3.05, 3.63) is 53.1 Å². The van der Waals surface area contributed by atoms with E-state index in [-0.39, 0.29) is 5.78 Å². The van der Waals surface area contributed by atoms with Crippen LogP contribution in [0.1, 0.15) is 38.0 Å². The molecule has 0 saturated carbocycles. The number of hydrogen-bond donors (Lipinski definition) is 3. The Morgan fingerprint density at radius 1 is 0.885 bits per heavy atom. The molecule has 26 heavy (non-hydrogen) atoms. The second kappa shape index (κ2) is 9.07. The summed E-state index contributed by atoms with van der Waals surface area (Å²) in [6, 6.07) is 8.60. The highest BCUT2D eigenvalue weighted by molar-refractivity contribution is 6.03. The van der Waals surface area contributed by atoms with Crippen LogP contribution in [-0.4, -0.2) is 47.3 Å². The molecule has 0 radical (unpaired) electrons. The van der Waals surface area contributed by atoms with Crippen LogP contribution in [0.25, 0.3) is 0 Å². The highest BCUT2D eigenvalue weighted by Gasteiger charge is 2.19. The largest absolute Gasteiger partial charge is 0.507 e. The summed E-state index contributed by atoms with van der Waals surface area (Å²) in [5, 5.41) is 26.2. The third kappa shape index (κ3) is 4.97. The molecule has 0 aliphatic carbocycles. The number of rotatable bonds is 5. The van der Waals surface area contributed by atoms with Gasteiger partial charge in [0, 0.05) is 5.56 Å². The van der Waals surface area contributed by atoms with Crippen molar-refractivity contribution in [1.29, 1.82) is 0 Å². The molecule has 0 bridgehead atoms. The number of methoxy groups -OCH3 is 2. The molecule has 0 amide bonds. The molecule has 0 aromatic heterocycles. The van der Waals surface area contributed by atoms with Gasteiger partial charge in [-0.3, -0.25) is 4.79 Å². The summed E-state index contributed by atoms with van der Waals surface area (Å²) >= 11 is 0. The number of hydrogen-bond acceptors (Lipinski definition) is 6. The summed E-state index contributed by atoms with van der Waals surface area (Å²) in [6.45, 7) is 1.52. The average molecular weight is 362 g/mol. The minimum Gasteiger partial charge on any atom is -0.507 e. The number of ether oxygens (including phenoxy) is 2. The normalized spacial score (nSPS) is 9.50. The van der Waals surface area contributed by atoms with Gasteiger partial charge in [0.25, 0.3) is 0 Å². The van der Waals surface area contributed by atoms with Gasteiger partial charge >= 0.3 is 11.9 Å². The van der Waals surface area contributed by atoms with E-state index in [9.17, 15) is 14.4 Å². The van der Waals surface area contributed by atoms with E-state index >= 15 is 0 Å². The molecule has 0 spiro atoms. The Labute approximate surface area is 149 Å². The lowest BCUT2D eigenvalue weighted by molar-refractivity contribution is 0.0648. The van der Waals surface area contributed by atoms with Gasteiger partial charge in [-0.25, -0.2) is 9.59 Å². The van der Waals surface area contributed by atoms with Gasteiger partial charge in [-0.15, -0.1) is 0 Å². The topological polar surface area (TPSA) is 130 Å². The molecule has 0 atom stereocenters. The Kier molecular flexibility index (Phi) is 7.15. The van der Waals surface area contributed by atoms with Crippen LogP contribution in [0.4, 0.5) is 0 Å². The zero-order valence-electron chi connectivity index (χ0n) is 14.3. The number of carbonyl (C=O) groups is 3. The molecule has 0 heterocycles. The molecule has 2 aromatic carbocycles. The number of carboxylic acid groups (broad SMARTS) is 2. The Morgan fingerprint density at radius 3 is 1.92 bits per heavy atom. The molecular formula is C18H18O8. The molecule has 2 aromatic rings. The van der Waals surface area contributed by atoms with Crippen molar-refractivity contribution in [2.75, 3.05) is 14.2 Å². The third-order valence-corrected chi connectivity index (χ3v) is 3.28. The molecule has 8 heteroatoms. The molecule has 138 valence electrons. The van der Waals surface area contributed by atoms with Gasteiger partial charge in [-0.1, -0.05) is 6.07 Å². The van der Waals surface area contributed by atoms with Crippen LogP contribution in [0.5, 0.6) is 17.2 Å². The highest BCUT2D eigenvalue weighted by atomic mass is 16.5. The van der Waals surface area contributed by atoms with Crippen molar-refractivity contribution in [3.8, 4) is 17.2 Å². The van der Waals surface area contributed by atoms with Crippen molar-refractivity contribution in [2.24, 2.45) is 0 Å². The summed E-state index contributed by atoms with van der Waals surface area (Å²) in [5.41, 5.74) is -0.389. The monoisotopic (exact) mass is 362 g/mol. The van der Waals surface area contributed by atoms with Crippen LogP contribution >= 0.6 is 0 Å². The number of phenols is 1. The van der Waals surface area contributed by atoms with E-state index in [1.807, 2.05) is 0 Å². The van der Waals surface area contributed by atoms with E-state index in [2.05, 4.69) is 0 Å². The lowest BCUT2D eigenvalue weighted by Crippen LogP contribution is -2.07. The molecule has 3 N–H and O–H groups in total. The third-order valence-electron chi connectivity index (χ3n) is 3.28. The Bertz CT molecular complexity index is 826. The van der Waals surface area contributed by atoms with Crippen LogP contribution in [-0.2, 0) is 0 Å². The highest BCUT2D eigenvalue weighted by Crippen LogP contribution is 2.27. The summed E-state index contributed by atoms with van der Waals surface area (Å²) < 4.78 is 10.1. The number of aromatic carboxylic acids is 2. The van der Waals surface area contributed by atoms with Gasteiger partial charge in [-0.05, 0) is 37.3 Å². The van der Waals surface area contributed by atoms with Crippen LogP contribution in [0.3, 0.4) is 0 Å². The number of benzene rings is 2. The molecule has 0 saturated heterocycles. The number of Topliss-reactive ketones (excluding diaryl/α,β-unsaturated/α-hetero) is 1. The van der Waals surface area contributed by atoms with Crippen molar-refractivity contribution < 1.29 is 39.2 Å². The first kappa shape index (κ1) is 20.5. The summed E-state index contributed by atoms with van der Waals surface area (Å²) in [7, 11) is 3.10. The van der Waals surface area contributed by atoms with Crippen LogP contribution < -0.4 is 9.47 Å². The predicted octanol–water partition coefficient (Wildman–Crippen LogP) is 2.70. The van der Waals surface area contributed by atoms with Gasteiger partial charge in [0.1, 0.15) is 11.3 Å². The molecule has 2 rings (SSSR count). The van der Waals surface area contributed by atoms with E-state index in [4.69, 9.17) is 24.8 Å². The fraction of sp³-hybridized carbons (Fsp3) is 0.167. The summed E-state index contributed by atoms with van der Waals surface area (Å²) in [4.78, 5) is 32.0. The zero-order valence-corrected chi connectivity index (χ0v) is 14.3. The maximum Gasteiger partial charge on any atom is 0.340 e. The van der Waals surface area contributed by atoms with Crippen molar-refractivity contribution in [3.63, 3.8) is 0 Å². The number of carboxylic acids is 2. The average Bonchev–Trinajstić information content (AvgIpc) is 2.60. The first-order valence-corrected chi connectivity index (χ1v) is 7.24. The van der Waals surface area contributed by atoms with E-state index in [0.717, 1.165) is 12.1 Å². The fourth-order valence-corrected chi connectivity index (χ4v) is 2.00. The van der Waals surface area contributed by atoms with Crippen molar-refractivity contribution in [2.45, 2.75) is 6.92 Å². The second-order valence-corrected chi connectivity index (χ2v) is 4.94. The minimum absolute atomic E-state index is 0.0148. The van der Waals surface area contributed by atoms with Gasteiger partial charge in [-0.2, -0.15) is 0 Å². The first-order valence-electron chi connectivity index (χ1n) is 7.24. The smallest absolute Gasteiger partial charge is 0.340 e. The Morgan fingerprint density at radius 2 is 1.50 bits per heavy atom. The number of aromatic hydroxyl groups is 1. The summed E-state index contributed by atoms with van der Waals surface area (Å²) in [6.07, 6.45) is 0. The van der Waals surface area contributed by atoms with E-state index in [0.29, 0.717) is 17.1 Å². The predicted molar refractivity (Wildman–Crippen MR) is 91.6 cm³/mol. The van der Waals surface area contributed by atoms with Gasteiger partial charge in [0.05, 0.1) is 19.8 Å².